The Labute approximate surface area is 199 Å². The molecular weight excluding hydrogens is 464 g/mol. The van der Waals surface area contributed by atoms with Gasteiger partial charge in [0.2, 0.25) is 0 Å². The van der Waals surface area contributed by atoms with Crippen LogP contribution in [0.4, 0.5) is 40.7 Å². The maximum Gasteiger partial charge on any atom is 0.416 e. The molecule has 184 valence electrons. The van der Waals surface area contributed by atoms with Gasteiger partial charge in [-0.3, -0.25) is 0 Å². The van der Waals surface area contributed by atoms with Gasteiger partial charge in [0.1, 0.15) is 0 Å². The molecule has 2 aromatic carbocycles. The molecule has 11 heteroatoms. The van der Waals surface area contributed by atoms with Gasteiger partial charge in [-0.05, 0) is 47.9 Å². The van der Waals surface area contributed by atoms with Crippen molar-refractivity contribution in [3.05, 3.63) is 71.2 Å². The third-order valence-corrected chi connectivity index (χ3v) is 5.49. The summed E-state index contributed by atoms with van der Waals surface area (Å²) in [6.45, 7) is 4.29. The monoisotopic (exact) mass is 488 g/mol. The van der Waals surface area contributed by atoms with E-state index in [-0.39, 0.29) is 18.3 Å². The first-order valence-electron chi connectivity index (χ1n) is 11.1. The molecule has 7 nitrogen and oxygen atoms in total. The second-order valence-electron chi connectivity index (χ2n) is 7.88. The van der Waals surface area contributed by atoms with Crippen LogP contribution in [0.25, 0.3) is 0 Å². The largest absolute Gasteiger partial charge is 0.416 e. The molecule has 1 N–H and O–H groups in total. The molecule has 1 saturated heterocycles. The number of aryl methyl sites for hydroxylation is 1. The number of ether oxygens (including phenoxy) is 1. The van der Waals surface area contributed by atoms with Gasteiger partial charge in [-0.2, -0.15) is 23.3 Å². The first kappa shape index (κ1) is 24.5. The standard InChI is InChI=1S/C24H24F4N6O/c1-2-16-12-20(31-19-5-3-4-18(13-19)24(26,27)28)7-6-17(16)14-30-33-23-29-15-21(25)22(32-23)34-8-10-35-11-9-34/h3-7,12-13,15,31H,2,8-11,14H2,1H3. The molecule has 2 heterocycles. The Morgan fingerprint density at radius 3 is 2.57 bits per heavy atom. The summed E-state index contributed by atoms with van der Waals surface area (Å²) >= 11 is 0. The van der Waals surface area contributed by atoms with E-state index in [9.17, 15) is 17.6 Å². The van der Waals surface area contributed by atoms with Crippen molar-refractivity contribution in [2.24, 2.45) is 10.2 Å². The Balaban J connectivity index is 1.45. The maximum absolute atomic E-state index is 14.2. The number of hydrogen-bond acceptors (Lipinski definition) is 7. The van der Waals surface area contributed by atoms with Gasteiger partial charge in [0.05, 0.1) is 31.5 Å². The molecule has 0 aliphatic carbocycles. The molecule has 1 aliphatic rings. The molecule has 0 unspecified atom stereocenters. The summed E-state index contributed by atoms with van der Waals surface area (Å²) in [5.74, 6) is -0.284. The van der Waals surface area contributed by atoms with Crippen LogP contribution in [-0.2, 0) is 23.9 Å². The number of halogens is 4. The van der Waals surface area contributed by atoms with Gasteiger partial charge in [0.15, 0.2) is 11.6 Å². The Morgan fingerprint density at radius 1 is 1.06 bits per heavy atom. The van der Waals surface area contributed by atoms with Gasteiger partial charge in [0.25, 0.3) is 5.95 Å². The molecule has 1 aromatic heterocycles. The number of morpholine rings is 1. The summed E-state index contributed by atoms with van der Waals surface area (Å²) in [5, 5.41) is 11.2. The molecule has 0 bridgehead atoms. The molecule has 4 rings (SSSR count). The van der Waals surface area contributed by atoms with E-state index in [1.165, 1.54) is 6.07 Å². The fourth-order valence-corrected chi connectivity index (χ4v) is 3.70. The third-order valence-electron chi connectivity index (χ3n) is 5.49. The minimum Gasteiger partial charge on any atom is -0.378 e. The van der Waals surface area contributed by atoms with E-state index in [0.717, 1.165) is 29.5 Å². The van der Waals surface area contributed by atoms with Crippen LogP contribution in [0.2, 0.25) is 0 Å². The minimum atomic E-state index is -4.40. The van der Waals surface area contributed by atoms with Crippen molar-refractivity contribution in [1.82, 2.24) is 9.97 Å². The summed E-state index contributed by atoms with van der Waals surface area (Å²) in [6.07, 6.45) is -2.63. The first-order valence-corrected chi connectivity index (χ1v) is 11.1. The van der Waals surface area contributed by atoms with Crippen molar-refractivity contribution in [2.75, 3.05) is 36.5 Å². The maximum atomic E-state index is 14.2. The van der Waals surface area contributed by atoms with Gasteiger partial charge in [-0.15, -0.1) is 5.11 Å². The smallest absolute Gasteiger partial charge is 0.378 e. The van der Waals surface area contributed by atoms with Crippen LogP contribution in [0, 0.1) is 5.82 Å². The summed E-state index contributed by atoms with van der Waals surface area (Å²) in [5.41, 5.74) is 2.17. The van der Waals surface area contributed by atoms with Crippen molar-refractivity contribution in [3.63, 3.8) is 0 Å². The average Bonchev–Trinajstić information content (AvgIpc) is 2.86. The van der Waals surface area contributed by atoms with E-state index in [0.29, 0.717) is 44.1 Å². The number of hydrogen-bond donors (Lipinski definition) is 1. The zero-order valence-electron chi connectivity index (χ0n) is 19.0. The Hall–Kier alpha value is -3.60. The lowest BCUT2D eigenvalue weighted by molar-refractivity contribution is -0.137. The highest BCUT2D eigenvalue weighted by molar-refractivity contribution is 5.62. The predicted octanol–water partition coefficient (Wildman–Crippen LogP) is 6.06. The number of anilines is 3. The van der Waals surface area contributed by atoms with Crippen molar-refractivity contribution in [2.45, 2.75) is 26.1 Å². The van der Waals surface area contributed by atoms with Crippen LogP contribution in [0.3, 0.4) is 0 Å². The van der Waals surface area contributed by atoms with Gasteiger partial charge < -0.3 is 15.0 Å². The van der Waals surface area contributed by atoms with Gasteiger partial charge in [0, 0.05) is 24.5 Å². The molecule has 0 saturated carbocycles. The quantitative estimate of drug-likeness (QED) is 0.323. The van der Waals surface area contributed by atoms with E-state index in [4.69, 9.17) is 4.74 Å². The van der Waals surface area contributed by atoms with Gasteiger partial charge >= 0.3 is 6.18 Å². The summed E-state index contributed by atoms with van der Waals surface area (Å²) in [6, 6.07) is 10.5. The third kappa shape index (κ3) is 6.30. The number of alkyl halides is 3. The predicted molar refractivity (Wildman–Crippen MR) is 124 cm³/mol. The zero-order chi connectivity index (χ0) is 24.8. The Bertz CT molecular complexity index is 1190. The fraction of sp³-hybridized carbons (Fsp3) is 0.333. The van der Waals surface area contributed by atoms with Crippen LogP contribution in [0.5, 0.6) is 0 Å². The van der Waals surface area contributed by atoms with Crippen LogP contribution in [0.1, 0.15) is 23.6 Å². The summed E-state index contributed by atoms with van der Waals surface area (Å²) in [7, 11) is 0. The summed E-state index contributed by atoms with van der Waals surface area (Å²) < 4.78 is 58.4. The van der Waals surface area contributed by atoms with E-state index >= 15 is 0 Å². The SMILES string of the molecule is CCc1cc(Nc2cccc(C(F)(F)F)c2)ccc1CN=Nc1ncc(F)c(N2CCOCC2)n1. The highest BCUT2D eigenvalue weighted by Crippen LogP contribution is 2.32. The highest BCUT2D eigenvalue weighted by atomic mass is 19.4. The number of aromatic nitrogens is 2. The second kappa shape index (κ2) is 10.8. The fourth-order valence-electron chi connectivity index (χ4n) is 3.70. The lowest BCUT2D eigenvalue weighted by Gasteiger charge is -2.27. The first-order chi connectivity index (χ1) is 16.8. The van der Waals surface area contributed by atoms with Gasteiger partial charge in [-0.1, -0.05) is 19.1 Å². The molecule has 0 amide bonds. The highest BCUT2D eigenvalue weighted by Gasteiger charge is 2.30. The Morgan fingerprint density at radius 2 is 1.83 bits per heavy atom. The number of azo groups is 1. The molecule has 0 radical (unpaired) electrons. The molecule has 0 spiro atoms. The summed E-state index contributed by atoms with van der Waals surface area (Å²) in [4.78, 5) is 9.87. The normalized spacial score (nSPS) is 14.5. The van der Waals surface area contributed by atoms with Crippen molar-refractivity contribution in [3.8, 4) is 0 Å². The topological polar surface area (TPSA) is 75.0 Å². The van der Waals surface area contributed by atoms with Crippen molar-refractivity contribution in [1.29, 1.82) is 0 Å². The average molecular weight is 488 g/mol. The van der Waals surface area contributed by atoms with Crippen molar-refractivity contribution < 1.29 is 22.3 Å². The lowest BCUT2D eigenvalue weighted by Crippen LogP contribution is -2.37. The number of nitrogens with one attached hydrogen (secondary N) is 1. The molecule has 1 fully saturated rings. The molecule has 1 aliphatic heterocycles. The number of rotatable bonds is 7. The van der Waals surface area contributed by atoms with Crippen molar-refractivity contribution >= 4 is 23.1 Å². The van der Waals surface area contributed by atoms with E-state index in [1.54, 1.807) is 17.0 Å². The minimum absolute atomic E-state index is 0.0637. The molecule has 3 aromatic rings. The molecular formula is C24H24F4N6O. The molecule has 0 atom stereocenters. The van der Waals surface area contributed by atoms with Gasteiger partial charge in [-0.25, -0.2) is 9.37 Å². The molecule has 35 heavy (non-hydrogen) atoms. The van der Waals surface area contributed by atoms with Crippen LogP contribution in [-0.4, -0.2) is 36.3 Å². The van der Waals surface area contributed by atoms with Crippen LogP contribution < -0.4 is 10.2 Å². The lowest BCUT2D eigenvalue weighted by atomic mass is 10.0. The Kier molecular flexibility index (Phi) is 7.54. The van der Waals surface area contributed by atoms with E-state index < -0.39 is 17.6 Å². The van der Waals surface area contributed by atoms with Crippen LogP contribution in [0.15, 0.2) is 58.9 Å². The van der Waals surface area contributed by atoms with Crippen LogP contribution >= 0.6 is 0 Å². The number of benzene rings is 2. The zero-order valence-corrected chi connectivity index (χ0v) is 19.0. The second-order valence-corrected chi connectivity index (χ2v) is 7.88. The van der Waals surface area contributed by atoms with E-state index in [2.05, 4.69) is 25.5 Å². The number of nitrogens with zero attached hydrogens (tertiary/aromatic N) is 5. The van der Waals surface area contributed by atoms with E-state index in [1.807, 2.05) is 19.1 Å².